The van der Waals surface area contributed by atoms with Crippen molar-refractivity contribution in [2.45, 2.75) is 80.1 Å². The molecule has 0 aliphatic heterocycles. The van der Waals surface area contributed by atoms with Gasteiger partial charge < -0.3 is 0 Å². The van der Waals surface area contributed by atoms with Gasteiger partial charge in [-0.1, -0.05) is 67.2 Å². The second-order valence-electron chi connectivity index (χ2n) is 6.65. The minimum atomic E-state index is 0.485. The van der Waals surface area contributed by atoms with Crippen molar-refractivity contribution < 1.29 is 0 Å². The summed E-state index contributed by atoms with van der Waals surface area (Å²) < 4.78 is 0. The molecule has 0 saturated carbocycles. The number of hydrogen-bond donors (Lipinski definition) is 0. The lowest BCUT2D eigenvalue weighted by atomic mass is 9.82. The molecule has 0 rings (SSSR count). The van der Waals surface area contributed by atoms with Gasteiger partial charge in [0.15, 0.2) is 0 Å². The van der Waals surface area contributed by atoms with Crippen molar-refractivity contribution in [1.82, 2.24) is 0 Å². The van der Waals surface area contributed by atoms with Crippen LogP contribution in [0.5, 0.6) is 0 Å². The Morgan fingerprint density at radius 1 is 1.12 bits per heavy atom. The first-order chi connectivity index (χ1) is 7.39. The van der Waals surface area contributed by atoms with Gasteiger partial charge in [-0.15, -0.1) is 0 Å². The van der Waals surface area contributed by atoms with Crippen LogP contribution in [0.15, 0.2) is 0 Å². The van der Waals surface area contributed by atoms with Gasteiger partial charge in [0, 0.05) is 0 Å². The first kappa shape index (κ1) is 16.0. The van der Waals surface area contributed by atoms with Crippen LogP contribution in [0.1, 0.15) is 80.1 Å². The number of rotatable bonds is 8. The summed E-state index contributed by atoms with van der Waals surface area (Å²) in [4.78, 5) is 0. The lowest BCUT2D eigenvalue weighted by Crippen LogP contribution is -2.12. The summed E-state index contributed by atoms with van der Waals surface area (Å²) >= 11 is 0. The van der Waals surface area contributed by atoms with Crippen LogP contribution < -0.4 is 0 Å². The van der Waals surface area contributed by atoms with E-state index in [4.69, 9.17) is 0 Å². The summed E-state index contributed by atoms with van der Waals surface area (Å²) in [6.07, 6.45) is 10.7. The van der Waals surface area contributed by atoms with E-state index in [1.165, 1.54) is 38.5 Å². The third-order valence-corrected chi connectivity index (χ3v) is 3.29. The predicted molar refractivity (Wildman–Crippen MR) is 75.5 cm³/mol. The molecule has 0 aliphatic rings. The maximum atomic E-state index is 2.59. The minimum Gasteiger partial charge on any atom is -0.0654 e. The summed E-state index contributed by atoms with van der Waals surface area (Å²) in [5, 5.41) is 0. The highest BCUT2D eigenvalue weighted by Crippen LogP contribution is 2.28. The second-order valence-corrected chi connectivity index (χ2v) is 6.65. The average molecular weight is 225 g/mol. The van der Waals surface area contributed by atoms with Gasteiger partial charge in [-0.3, -0.25) is 0 Å². The first-order valence-electron chi connectivity index (χ1n) is 7.22. The smallest absolute Gasteiger partial charge is 0.0352 e. The van der Waals surface area contributed by atoms with Crippen LogP contribution >= 0.6 is 0 Å². The molecule has 0 heteroatoms. The van der Waals surface area contributed by atoms with Crippen molar-refractivity contribution in [3.63, 3.8) is 0 Å². The van der Waals surface area contributed by atoms with Crippen LogP contribution in [-0.4, -0.2) is 0 Å². The molecule has 2 unspecified atom stereocenters. The van der Waals surface area contributed by atoms with E-state index in [1.807, 2.05) is 0 Å². The van der Waals surface area contributed by atoms with Crippen LogP contribution in [-0.2, 0) is 0 Å². The maximum absolute atomic E-state index is 2.59. The Bertz CT molecular complexity index is 152. The molecule has 97 valence electrons. The van der Waals surface area contributed by atoms with E-state index in [0.29, 0.717) is 5.41 Å². The van der Waals surface area contributed by atoms with E-state index < -0.39 is 0 Å². The van der Waals surface area contributed by atoms with Gasteiger partial charge >= 0.3 is 0 Å². The zero-order valence-corrected chi connectivity index (χ0v) is 12.5. The Kier molecular flexibility index (Phi) is 8.14. The summed E-state index contributed by atoms with van der Waals surface area (Å²) in [6, 6.07) is 0. The standard InChI is InChI=1S/C16H33/c1-7-9-10-15(8-2)12-11-14(3)13-16(4,5)6/h12,14-15H,7-11,13H2,1-6H3. The van der Waals surface area contributed by atoms with Crippen LogP contribution in [0.25, 0.3) is 0 Å². The summed E-state index contributed by atoms with van der Waals surface area (Å²) in [6.45, 7) is 14.0. The van der Waals surface area contributed by atoms with E-state index in [-0.39, 0.29) is 0 Å². The van der Waals surface area contributed by atoms with Crippen molar-refractivity contribution in [2.24, 2.45) is 17.3 Å². The van der Waals surface area contributed by atoms with Gasteiger partial charge in [0.2, 0.25) is 0 Å². The van der Waals surface area contributed by atoms with Crippen LogP contribution in [0.4, 0.5) is 0 Å². The molecule has 0 aliphatic carbocycles. The molecule has 0 aromatic carbocycles. The quantitative estimate of drug-likeness (QED) is 0.484. The largest absolute Gasteiger partial charge is 0.0654 e. The fourth-order valence-electron chi connectivity index (χ4n) is 2.51. The fraction of sp³-hybridized carbons (Fsp3) is 0.938. The topological polar surface area (TPSA) is 0 Å². The maximum Gasteiger partial charge on any atom is -0.0352 e. The molecule has 0 aromatic rings. The van der Waals surface area contributed by atoms with Crippen molar-refractivity contribution in [3.8, 4) is 0 Å². The van der Waals surface area contributed by atoms with E-state index in [2.05, 4.69) is 48.0 Å². The molecule has 0 aromatic heterocycles. The van der Waals surface area contributed by atoms with Crippen molar-refractivity contribution >= 4 is 0 Å². The van der Waals surface area contributed by atoms with E-state index >= 15 is 0 Å². The molecule has 0 heterocycles. The normalized spacial score (nSPS) is 16.1. The minimum absolute atomic E-state index is 0.485. The molecule has 0 nitrogen and oxygen atoms in total. The second kappa shape index (κ2) is 8.14. The third kappa shape index (κ3) is 9.24. The van der Waals surface area contributed by atoms with Crippen molar-refractivity contribution in [1.29, 1.82) is 0 Å². The molecule has 0 N–H and O–H groups in total. The Balaban J connectivity index is 3.74. The predicted octanol–water partition coefficient (Wildman–Crippen LogP) is 5.87. The molecule has 0 bridgehead atoms. The van der Waals surface area contributed by atoms with Gasteiger partial charge in [-0.05, 0) is 36.5 Å². The highest BCUT2D eigenvalue weighted by atomic mass is 14.2. The molecular formula is C16H33. The molecular weight excluding hydrogens is 192 g/mol. The summed E-state index contributed by atoms with van der Waals surface area (Å²) in [7, 11) is 0. The number of hydrogen-bond acceptors (Lipinski definition) is 0. The number of unbranched alkanes of at least 4 members (excludes halogenated alkanes) is 1. The third-order valence-electron chi connectivity index (χ3n) is 3.29. The van der Waals surface area contributed by atoms with Crippen LogP contribution in [0.2, 0.25) is 0 Å². The fourth-order valence-corrected chi connectivity index (χ4v) is 2.51. The molecule has 0 fully saturated rings. The summed E-state index contributed by atoms with van der Waals surface area (Å²) in [5.41, 5.74) is 0.485. The summed E-state index contributed by atoms with van der Waals surface area (Å²) in [5.74, 6) is 1.71. The first-order valence-corrected chi connectivity index (χ1v) is 7.22. The Morgan fingerprint density at radius 3 is 2.19 bits per heavy atom. The molecule has 0 spiro atoms. The molecule has 0 saturated heterocycles. The van der Waals surface area contributed by atoms with Gasteiger partial charge in [-0.25, -0.2) is 0 Å². The molecule has 16 heavy (non-hydrogen) atoms. The highest BCUT2D eigenvalue weighted by Gasteiger charge is 2.16. The zero-order chi connectivity index (χ0) is 12.6. The van der Waals surface area contributed by atoms with Gasteiger partial charge in [-0.2, -0.15) is 0 Å². The lowest BCUT2D eigenvalue weighted by Gasteiger charge is -2.24. The highest BCUT2D eigenvalue weighted by molar-refractivity contribution is 4.79. The van der Waals surface area contributed by atoms with E-state index in [9.17, 15) is 0 Å². The van der Waals surface area contributed by atoms with Gasteiger partial charge in [0.1, 0.15) is 0 Å². The van der Waals surface area contributed by atoms with Crippen molar-refractivity contribution in [3.05, 3.63) is 6.42 Å². The SMILES string of the molecule is CCCCC([CH]CC(C)CC(C)(C)C)CC. The van der Waals surface area contributed by atoms with E-state index in [1.54, 1.807) is 0 Å². The Labute approximate surface area is 104 Å². The Hall–Kier alpha value is 0. The monoisotopic (exact) mass is 225 g/mol. The molecule has 2 atom stereocenters. The zero-order valence-electron chi connectivity index (χ0n) is 12.5. The lowest BCUT2D eigenvalue weighted by molar-refractivity contribution is 0.298. The average Bonchev–Trinajstić information content (AvgIpc) is 2.15. The van der Waals surface area contributed by atoms with E-state index in [0.717, 1.165) is 11.8 Å². The molecule has 1 radical (unpaired) electrons. The van der Waals surface area contributed by atoms with Crippen LogP contribution in [0.3, 0.4) is 0 Å². The van der Waals surface area contributed by atoms with Crippen LogP contribution in [0, 0.1) is 23.7 Å². The van der Waals surface area contributed by atoms with Gasteiger partial charge in [0.25, 0.3) is 0 Å². The Morgan fingerprint density at radius 2 is 1.75 bits per heavy atom. The molecule has 0 amide bonds. The van der Waals surface area contributed by atoms with Gasteiger partial charge in [0.05, 0.1) is 0 Å². The van der Waals surface area contributed by atoms with Crippen molar-refractivity contribution in [2.75, 3.05) is 0 Å².